The maximum atomic E-state index is 13.1. The van der Waals surface area contributed by atoms with Gasteiger partial charge in [-0.1, -0.05) is 60.2 Å². The second-order valence-corrected chi connectivity index (χ2v) is 9.72. The van der Waals surface area contributed by atoms with Crippen LogP contribution in [0, 0.1) is 6.92 Å². The summed E-state index contributed by atoms with van der Waals surface area (Å²) in [6.45, 7) is 2.36. The smallest absolute Gasteiger partial charge is 0.294 e. The number of hydrogen-bond donors (Lipinski definition) is 1. The second kappa shape index (κ2) is 10.4. The Morgan fingerprint density at radius 2 is 1.73 bits per heavy atom. The summed E-state index contributed by atoms with van der Waals surface area (Å²) in [5.74, 6) is -0.477. The first-order chi connectivity index (χ1) is 17.9. The maximum absolute atomic E-state index is 13.1. The van der Waals surface area contributed by atoms with Gasteiger partial charge in [0, 0.05) is 29.2 Å². The quantitative estimate of drug-likeness (QED) is 0.323. The lowest BCUT2D eigenvalue weighted by molar-refractivity contribution is -0.127. The highest BCUT2D eigenvalue weighted by Gasteiger charge is 2.36. The van der Waals surface area contributed by atoms with Crippen molar-refractivity contribution in [1.82, 2.24) is 9.47 Å². The predicted molar refractivity (Wildman–Crippen MR) is 147 cm³/mol. The van der Waals surface area contributed by atoms with Gasteiger partial charge in [0.25, 0.3) is 11.1 Å². The number of hydrogen-bond acceptors (Lipinski definition) is 5. The minimum atomic E-state index is -0.486. The normalized spacial score (nSPS) is 14.5. The number of amides is 3. The van der Waals surface area contributed by atoms with Crippen molar-refractivity contribution in [3.05, 3.63) is 101 Å². The SMILES string of the molecule is COc1ccccc1NC(=O)CN1C(=O)S/C(=C\c2cn(Cc3ccc(C)cc3)c3ccccc23)C1=O. The lowest BCUT2D eigenvalue weighted by Crippen LogP contribution is -2.36. The van der Waals surface area contributed by atoms with Crippen LogP contribution in [0.4, 0.5) is 10.5 Å². The van der Waals surface area contributed by atoms with Gasteiger partial charge in [0.2, 0.25) is 5.91 Å². The van der Waals surface area contributed by atoms with Crippen molar-refractivity contribution >= 4 is 51.5 Å². The molecule has 186 valence electrons. The van der Waals surface area contributed by atoms with Gasteiger partial charge in [0.15, 0.2) is 0 Å². The average molecular weight is 512 g/mol. The number of nitrogens with zero attached hydrogens (tertiary/aromatic N) is 2. The number of para-hydroxylation sites is 3. The van der Waals surface area contributed by atoms with E-state index in [-0.39, 0.29) is 11.4 Å². The number of ether oxygens (including phenoxy) is 1. The van der Waals surface area contributed by atoms with Crippen molar-refractivity contribution in [2.24, 2.45) is 0 Å². The van der Waals surface area contributed by atoms with Crippen molar-refractivity contribution in [1.29, 1.82) is 0 Å². The van der Waals surface area contributed by atoms with Gasteiger partial charge in [-0.15, -0.1) is 0 Å². The average Bonchev–Trinajstić information content (AvgIpc) is 3.37. The lowest BCUT2D eigenvalue weighted by atomic mass is 10.1. The van der Waals surface area contributed by atoms with Crippen molar-refractivity contribution in [3.8, 4) is 5.75 Å². The molecule has 0 unspecified atom stereocenters. The number of carbonyl (C=O) groups excluding carboxylic acids is 3. The number of thioether (sulfide) groups is 1. The van der Waals surface area contributed by atoms with E-state index < -0.39 is 17.1 Å². The van der Waals surface area contributed by atoms with Crippen LogP contribution in [-0.2, 0) is 16.1 Å². The molecule has 0 spiro atoms. The summed E-state index contributed by atoms with van der Waals surface area (Å²) < 4.78 is 7.38. The highest BCUT2D eigenvalue weighted by Crippen LogP contribution is 2.34. The molecule has 0 radical (unpaired) electrons. The largest absolute Gasteiger partial charge is 0.495 e. The van der Waals surface area contributed by atoms with Gasteiger partial charge >= 0.3 is 0 Å². The molecule has 0 saturated carbocycles. The van der Waals surface area contributed by atoms with Crippen molar-refractivity contribution in [2.45, 2.75) is 13.5 Å². The van der Waals surface area contributed by atoms with Crippen LogP contribution in [0.25, 0.3) is 17.0 Å². The lowest BCUT2D eigenvalue weighted by Gasteiger charge is -2.14. The first-order valence-corrected chi connectivity index (χ1v) is 12.6. The molecule has 3 aromatic carbocycles. The summed E-state index contributed by atoms with van der Waals surface area (Å²) >= 11 is 0.841. The Hall–Kier alpha value is -4.30. The molecule has 3 amide bonds. The number of aryl methyl sites for hydroxylation is 1. The number of imide groups is 1. The van der Waals surface area contributed by atoms with Crippen LogP contribution in [0.15, 0.2) is 83.9 Å². The van der Waals surface area contributed by atoms with Gasteiger partial charge in [-0.05, 0) is 48.5 Å². The van der Waals surface area contributed by atoms with Gasteiger partial charge in [-0.3, -0.25) is 19.3 Å². The number of anilines is 1. The van der Waals surface area contributed by atoms with E-state index in [0.717, 1.165) is 33.1 Å². The summed E-state index contributed by atoms with van der Waals surface area (Å²) in [6.07, 6.45) is 3.73. The first-order valence-electron chi connectivity index (χ1n) is 11.7. The van der Waals surface area contributed by atoms with E-state index in [1.165, 1.54) is 18.2 Å². The molecule has 1 aliphatic heterocycles. The molecule has 7 nitrogen and oxygen atoms in total. The molecular formula is C29H25N3O4S. The van der Waals surface area contributed by atoms with E-state index in [1.807, 2.05) is 30.5 Å². The molecule has 1 aliphatic rings. The second-order valence-electron chi connectivity index (χ2n) is 8.73. The monoisotopic (exact) mass is 511 g/mol. The van der Waals surface area contributed by atoms with E-state index >= 15 is 0 Å². The van der Waals surface area contributed by atoms with E-state index in [0.29, 0.717) is 18.0 Å². The Labute approximate surface area is 218 Å². The molecule has 4 aromatic rings. The molecule has 1 fully saturated rings. The number of fused-ring (bicyclic) bond motifs is 1. The van der Waals surface area contributed by atoms with Crippen LogP contribution >= 0.6 is 11.8 Å². The van der Waals surface area contributed by atoms with Gasteiger partial charge in [-0.2, -0.15) is 0 Å². The molecule has 1 aromatic heterocycles. The predicted octanol–water partition coefficient (Wildman–Crippen LogP) is 5.68. The fourth-order valence-electron chi connectivity index (χ4n) is 4.27. The number of carbonyl (C=O) groups is 3. The molecular weight excluding hydrogens is 486 g/mol. The molecule has 1 saturated heterocycles. The summed E-state index contributed by atoms with van der Waals surface area (Å²) in [7, 11) is 1.50. The van der Waals surface area contributed by atoms with Gasteiger partial charge in [-0.25, -0.2) is 0 Å². The van der Waals surface area contributed by atoms with Crippen molar-refractivity contribution < 1.29 is 19.1 Å². The number of rotatable bonds is 7. The third-order valence-electron chi connectivity index (χ3n) is 6.14. The van der Waals surface area contributed by atoms with Crippen molar-refractivity contribution in [2.75, 3.05) is 19.0 Å². The van der Waals surface area contributed by atoms with Crippen LogP contribution < -0.4 is 10.1 Å². The van der Waals surface area contributed by atoms with Gasteiger partial charge < -0.3 is 14.6 Å². The van der Waals surface area contributed by atoms with E-state index in [2.05, 4.69) is 41.1 Å². The Balaban J connectivity index is 1.37. The molecule has 8 heteroatoms. The fraction of sp³-hybridized carbons (Fsp3) is 0.138. The topological polar surface area (TPSA) is 80.6 Å². The van der Waals surface area contributed by atoms with Crippen LogP contribution in [0.5, 0.6) is 5.75 Å². The summed E-state index contributed by atoms with van der Waals surface area (Å²) in [5, 5.41) is 3.21. The minimum absolute atomic E-state index is 0.285. The highest BCUT2D eigenvalue weighted by atomic mass is 32.2. The summed E-state index contributed by atoms with van der Waals surface area (Å²) in [5.41, 5.74) is 4.71. The van der Waals surface area contributed by atoms with Crippen LogP contribution in [0.2, 0.25) is 0 Å². The highest BCUT2D eigenvalue weighted by molar-refractivity contribution is 8.18. The zero-order valence-corrected chi connectivity index (χ0v) is 21.2. The number of nitrogens with one attached hydrogen (secondary N) is 1. The van der Waals surface area contributed by atoms with E-state index in [9.17, 15) is 14.4 Å². The molecule has 1 N–H and O–H groups in total. The van der Waals surface area contributed by atoms with Crippen LogP contribution in [0.3, 0.4) is 0 Å². The van der Waals surface area contributed by atoms with Crippen LogP contribution in [0.1, 0.15) is 16.7 Å². The van der Waals surface area contributed by atoms with Gasteiger partial charge in [0.05, 0.1) is 17.7 Å². The zero-order valence-electron chi connectivity index (χ0n) is 20.4. The first kappa shape index (κ1) is 24.4. The Kier molecular flexibility index (Phi) is 6.83. The molecule has 37 heavy (non-hydrogen) atoms. The van der Waals surface area contributed by atoms with Crippen LogP contribution in [-0.4, -0.2) is 40.2 Å². The Morgan fingerprint density at radius 3 is 2.51 bits per heavy atom. The zero-order chi connectivity index (χ0) is 25.9. The van der Waals surface area contributed by atoms with E-state index in [1.54, 1.807) is 30.3 Å². The molecule has 2 heterocycles. The molecule has 0 atom stereocenters. The molecule has 5 rings (SSSR count). The Bertz CT molecular complexity index is 1540. The Morgan fingerprint density at radius 1 is 1.00 bits per heavy atom. The number of benzene rings is 3. The van der Waals surface area contributed by atoms with E-state index in [4.69, 9.17) is 4.74 Å². The maximum Gasteiger partial charge on any atom is 0.294 e. The number of aromatic nitrogens is 1. The fourth-order valence-corrected chi connectivity index (χ4v) is 5.10. The summed E-state index contributed by atoms with van der Waals surface area (Å²) in [4.78, 5) is 39.6. The molecule has 0 aliphatic carbocycles. The minimum Gasteiger partial charge on any atom is -0.495 e. The van der Waals surface area contributed by atoms with Crippen molar-refractivity contribution in [3.63, 3.8) is 0 Å². The third-order valence-corrected chi connectivity index (χ3v) is 7.04. The number of methoxy groups -OCH3 is 1. The standard InChI is InChI=1S/C29H25N3O4S/c1-19-11-13-20(14-12-19)16-31-17-21(22-7-3-5-9-24(22)31)15-26-28(34)32(29(35)37-26)18-27(33)30-23-8-4-6-10-25(23)36-2/h3-15,17H,16,18H2,1-2H3,(H,30,33)/b26-15-. The summed E-state index contributed by atoms with van der Waals surface area (Å²) in [6, 6.07) is 23.3. The van der Waals surface area contributed by atoms with Gasteiger partial charge in [0.1, 0.15) is 12.3 Å². The third kappa shape index (κ3) is 5.15. The molecule has 0 bridgehead atoms.